The van der Waals surface area contributed by atoms with Gasteiger partial charge in [-0.15, -0.1) is 0 Å². The zero-order chi connectivity index (χ0) is 14.3. The van der Waals surface area contributed by atoms with Gasteiger partial charge >= 0.3 is 7.12 Å². The lowest BCUT2D eigenvalue weighted by atomic mass is 9.80. The minimum atomic E-state index is -0.518. The first-order valence-electron chi connectivity index (χ1n) is 6.52. The van der Waals surface area contributed by atoms with Crippen LogP contribution in [0.5, 0.6) is 0 Å². The predicted molar refractivity (Wildman–Crippen MR) is 74.1 cm³/mol. The molecule has 0 spiro atoms. The van der Waals surface area contributed by atoms with E-state index in [1.54, 1.807) is 6.07 Å². The first kappa shape index (κ1) is 14.3. The Morgan fingerprint density at radius 1 is 1.26 bits per heavy atom. The number of hydrogen-bond donors (Lipinski definition) is 1. The van der Waals surface area contributed by atoms with Crippen LogP contribution in [0.25, 0.3) is 0 Å². The van der Waals surface area contributed by atoms with Gasteiger partial charge < -0.3 is 14.6 Å². The molecule has 0 amide bonds. The fourth-order valence-electron chi connectivity index (χ4n) is 1.89. The van der Waals surface area contributed by atoms with Gasteiger partial charge in [-0.25, -0.2) is 4.98 Å². The summed E-state index contributed by atoms with van der Waals surface area (Å²) in [6.07, 6.45) is 1.46. The van der Waals surface area contributed by atoms with E-state index in [2.05, 4.69) is 10.3 Å². The van der Waals surface area contributed by atoms with Crippen molar-refractivity contribution in [3.8, 4) is 0 Å². The van der Waals surface area contributed by atoms with Crippen LogP contribution in [0.15, 0.2) is 12.3 Å². The molecule has 1 saturated heterocycles. The molecule has 4 nitrogen and oxygen atoms in total. The average Bonchev–Trinajstić information content (AvgIpc) is 2.51. The summed E-state index contributed by atoms with van der Waals surface area (Å²) in [7, 11) is -0.518. The fourth-order valence-corrected chi connectivity index (χ4v) is 1.89. The Hall–Kier alpha value is -1.14. The third-order valence-corrected chi connectivity index (χ3v) is 3.75. The lowest BCUT2D eigenvalue weighted by molar-refractivity contribution is 0.00578. The van der Waals surface area contributed by atoms with Gasteiger partial charge in [0.2, 0.25) is 5.95 Å². The van der Waals surface area contributed by atoms with Crippen LogP contribution in [0.3, 0.4) is 0 Å². The topological polar surface area (TPSA) is 43.4 Å². The highest BCUT2D eigenvalue weighted by atomic mass is 19.1. The van der Waals surface area contributed by atoms with E-state index in [0.29, 0.717) is 12.2 Å². The zero-order valence-electron chi connectivity index (χ0n) is 12.1. The molecule has 0 saturated carbocycles. The van der Waals surface area contributed by atoms with Gasteiger partial charge in [0.05, 0.1) is 16.9 Å². The van der Waals surface area contributed by atoms with Gasteiger partial charge in [0.15, 0.2) is 0 Å². The summed E-state index contributed by atoms with van der Waals surface area (Å²) >= 11 is 0. The molecule has 1 fully saturated rings. The number of nitrogens with one attached hydrogen (secondary N) is 1. The SMILES string of the molecule is CCNc1cc(B2OC(C)(C)C(C)(C)O2)cnc1F. The second kappa shape index (κ2) is 4.76. The number of hydrogen-bond acceptors (Lipinski definition) is 4. The number of anilines is 1. The van der Waals surface area contributed by atoms with E-state index in [1.807, 2.05) is 34.6 Å². The summed E-state index contributed by atoms with van der Waals surface area (Å²) in [4.78, 5) is 3.75. The molecule has 0 bridgehead atoms. The molecule has 0 unspecified atom stereocenters. The average molecular weight is 266 g/mol. The van der Waals surface area contributed by atoms with Crippen molar-refractivity contribution in [3.05, 3.63) is 18.2 Å². The molecule has 1 aliphatic heterocycles. The van der Waals surface area contributed by atoms with E-state index >= 15 is 0 Å². The van der Waals surface area contributed by atoms with Gasteiger partial charge in [0.1, 0.15) is 0 Å². The van der Waals surface area contributed by atoms with E-state index in [-0.39, 0.29) is 0 Å². The van der Waals surface area contributed by atoms with Gasteiger partial charge in [0.25, 0.3) is 0 Å². The van der Waals surface area contributed by atoms with Crippen LogP contribution in [-0.2, 0) is 9.31 Å². The van der Waals surface area contributed by atoms with Crippen molar-refractivity contribution < 1.29 is 13.7 Å². The van der Waals surface area contributed by atoms with Crippen LogP contribution in [-0.4, -0.2) is 29.8 Å². The van der Waals surface area contributed by atoms with Gasteiger partial charge in [-0.3, -0.25) is 0 Å². The van der Waals surface area contributed by atoms with Crippen LogP contribution in [0.1, 0.15) is 34.6 Å². The molecule has 2 heterocycles. The van der Waals surface area contributed by atoms with Gasteiger partial charge in [-0.05, 0) is 40.7 Å². The van der Waals surface area contributed by atoms with Crippen molar-refractivity contribution in [2.24, 2.45) is 0 Å². The second-order valence-electron chi connectivity index (χ2n) is 5.73. The minimum Gasteiger partial charge on any atom is -0.399 e. The number of aromatic nitrogens is 1. The molecule has 0 radical (unpaired) electrons. The Labute approximate surface area is 113 Å². The highest BCUT2D eigenvalue weighted by Gasteiger charge is 2.51. The Bertz CT molecular complexity index is 464. The highest BCUT2D eigenvalue weighted by Crippen LogP contribution is 2.36. The quantitative estimate of drug-likeness (QED) is 0.670. The fraction of sp³-hybridized carbons (Fsp3) is 0.615. The van der Waals surface area contributed by atoms with Gasteiger partial charge in [-0.1, -0.05) is 0 Å². The standard InChI is InChI=1S/C13H20BFN2O2/c1-6-16-10-7-9(8-17-11(10)15)14-18-12(2,3)13(4,5)19-14/h7-8,16H,6H2,1-5H3. The van der Waals surface area contributed by atoms with Crippen LogP contribution in [0.2, 0.25) is 0 Å². The monoisotopic (exact) mass is 266 g/mol. The number of halogens is 1. The number of rotatable bonds is 3. The molecule has 0 aromatic carbocycles. The van der Waals surface area contributed by atoms with Crippen molar-refractivity contribution >= 4 is 18.3 Å². The van der Waals surface area contributed by atoms with Gasteiger partial charge in [0, 0.05) is 18.2 Å². The lowest BCUT2D eigenvalue weighted by Crippen LogP contribution is -2.41. The summed E-state index contributed by atoms with van der Waals surface area (Å²) in [5.74, 6) is -0.512. The van der Waals surface area contributed by atoms with Crippen LogP contribution >= 0.6 is 0 Å². The van der Waals surface area contributed by atoms with E-state index in [9.17, 15) is 4.39 Å². The molecule has 0 aliphatic carbocycles. The third kappa shape index (κ3) is 2.60. The number of nitrogens with zero attached hydrogens (tertiary/aromatic N) is 1. The van der Waals surface area contributed by atoms with Crippen molar-refractivity contribution in [3.63, 3.8) is 0 Å². The second-order valence-corrected chi connectivity index (χ2v) is 5.73. The molecule has 104 valence electrons. The summed E-state index contributed by atoms with van der Waals surface area (Å²) in [6, 6.07) is 1.69. The largest absolute Gasteiger partial charge is 0.496 e. The van der Waals surface area contributed by atoms with Crippen LogP contribution < -0.4 is 10.8 Å². The van der Waals surface area contributed by atoms with E-state index in [1.165, 1.54) is 6.20 Å². The Morgan fingerprint density at radius 2 is 1.84 bits per heavy atom. The summed E-state index contributed by atoms with van der Waals surface area (Å²) in [5, 5.41) is 2.93. The number of pyridine rings is 1. The molecule has 1 N–H and O–H groups in total. The van der Waals surface area contributed by atoms with E-state index in [4.69, 9.17) is 9.31 Å². The maximum atomic E-state index is 13.5. The lowest BCUT2D eigenvalue weighted by Gasteiger charge is -2.32. The first-order chi connectivity index (χ1) is 8.77. The van der Waals surface area contributed by atoms with Gasteiger partial charge in [-0.2, -0.15) is 4.39 Å². The van der Waals surface area contributed by atoms with Crippen LogP contribution in [0, 0.1) is 5.95 Å². The van der Waals surface area contributed by atoms with Crippen LogP contribution in [0.4, 0.5) is 10.1 Å². The molecule has 19 heavy (non-hydrogen) atoms. The zero-order valence-corrected chi connectivity index (χ0v) is 12.1. The third-order valence-electron chi connectivity index (χ3n) is 3.75. The first-order valence-corrected chi connectivity index (χ1v) is 6.52. The van der Waals surface area contributed by atoms with E-state index < -0.39 is 24.3 Å². The Morgan fingerprint density at radius 3 is 2.37 bits per heavy atom. The highest BCUT2D eigenvalue weighted by molar-refractivity contribution is 6.62. The summed E-state index contributed by atoms with van der Waals surface area (Å²) < 4.78 is 25.3. The molecule has 2 rings (SSSR count). The Balaban J connectivity index is 2.27. The predicted octanol–water partition coefficient (Wildman–Crippen LogP) is 1.95. The molecular formula is C13H20BFN2O2. The molecule has 1 aromatic heterocycles. The molecular weight excluding hydrogens is 246 g/mol. The molecule has 6 heteroatoms. The Kier molecular flexibility index (Phi) is 3.58. The maximum Gasteiger partial charge on any atom is 0.496 e. The maximum absolute atomic E-state index is 13.5. The summed E-state index contributed by atoms with van der Waals surface area (Å²) in [5.41, 5.74) is 0.264. The van der Waals surface area contributed by atoms with Crippen molar-refractivity contribution in [2.75, 3.05) is 11.9 Å². The van der Waals surface area contributed by atoms with Crippen molar-refractivity contribution in [2.45, 2.75) is 45.8 Å². The van der Waals surface area contributed by atoms with Crippen molar-refractivity contribution in [1.29, 1.82) is 0 Å². The molecule has 0 atom stereocenters. The van der Waals surface area contributed by atoms with Crippen molar-refractivity contribution in [1.82, 2.24) is 4.98 Å². The molecule has 1 aromatic rings. The minimum absolute atomic E-state index is 0.370. The normalized spacial score (nSPS) is 20.6. The molecule has 1 aliphatic rings. The summed E-state index contributed by atoms with van der Waals surface area (Å²) in [6.45, 7) is 10.5. The smallest absolute Gasteiger partial charge is 0.399 e. The van der Waals surface area contributed by atoms with E-state index in [0.717, 1.165) is 5.46 Å².